The molecule has 4 heteroatoms. The summed E-state index contributed by atoms with van der Waals surface area (Å²) < 4.78 is 1.84. The molecular formula is C16H22N3O+. The van der Waals surface area contributed by atoms with Crippen LogP contribution < -0.4 is 9.99 Å². The molecule has 0 bridgehead atoms. The topological polar surface area (TPSA) is 45.3 Å². The summed E-state index contributed by atoms with van der Waals surface area (Å²) in [5, 5.41) is 4.27. The molecule has 0 saturated carbocycles. The van der Waals surface area contributed by atoms with E-state index in [0.29, 0.717) is 5.56 Å². The highest BCUT2D eigenvalue weighted by Gasteiger charge is 2.24. The fraction of sp³-hybridized carbons (Fsp3) is 0.438. The smallest absolute Gasteiger partial charge is 0.267 e. The van der Waals surface area contributed by atoms with Crippen LogP contribution in [0.1, 0.15) is 44.0 Å². The van der Waals surface area contributed by atoms with Crippen molar-refractivity contribution in [3.05, 3.63) is 41.7 Å². The van der Waals surface area contributed by atoms with Crippen LogP contribution in [0.2, 0.25) is 0 Å². The van der Waals surface area contributed by atoms with Gasteiger partial charge in [-0.3, -0.25) is 4.79 Å². The van der Waals surface area contributed by atoms with Gasteiger partial charge in [-0.2, -0.15) is 5.10 Å². The Hall–Kier alpha value is -1.97. The third-order valence-corrected chi connectivity index (χ3v) is 3.33. The zero-order valence-corrected chi connectivity index (χ0v) is 12.6. The largest absolute Gasteiger partial charge is 0.277 e. The van der Waals surface area contributed by atoms with Crippen molar-refractivity contribution in [1.29, 1.82) is 0 Å². The highest BCUT2D eigenvalue weighted by Crippen LogP contribution is 2.33. The Bertz CT molecular complexity index is 585. The van der Waals surface area contributed by atoms with E-state index in [2.05, 4.69) is 37.4 Å². The van der Waals surface area contributed by atoms with E-state index in [0.717, 1.165) is 18.6 Å². The normalized spacial score (nSPS) is 19.6. The SMILES string of the molecule is CC1=C/C(=N/NC(=O)c2ccc[n+](C)c2)CC(C)(C)C1. The molecular weight excluding hydrogens is 250 g/mol. The highest BCUT2D eigenvalue weighted by molar-refractivity contribution is 5.99. The monoisotopic (exact) mass is 272 g/mol. The van der Waals surface area contributed by atoms with Crippen LogP contribution in [0.4, 0.5) is 0 Å². The summed E-state index contributed by atoms with van der Waals surface area (Å²) in [6, 6.07) is 3.62. The molecule has 1 aliphatic rings. The first kappa shape index (κ1) is 14.4. The summed E-state index contributed by atoms with van der Waals surface area (Å²) in [6.45, 7) is 6.55. The van der Waals surface area contributed by atoms with Crippen molar-refractivity contribution in [2.45, 2.75) is 33.6 Å². The van der Waals surface area contributed by atoms with Crippen LogP contribution in [-0.2, 0) is 7.05 Å². The molecule has 0 aliphatic heterocycles. The van der Waals surface area contributed by atoms with Crippen LogP contribution in [0.25, 0.3) is 0 Å². The number of carbonyl (C=O) groups excluding carboxylic acids is 1. The third kappa shape index (κ3) is 3.76. The second-order valence-electron chi connectivity index (χ2n) is 6.31. The molecule has 0 saturated heterocycles. The Morgan fingerprint density at radius 1 is 1.40 bits per heavy atom. The second-order valence-corrected chi connectivity index (χ2v) is 6.31. The Balaban J connectivity index is 2.09. The van der Waals surface area contributed by atoms with Gasteiger partial charge in [0.2, 0.25) is 0 Å². The Morgan fingerprint density at radius 2 is 2.15 bits per heavy atom. The third-order valence-electron chi connectivity index (χ3n) is 3.33. The first-order chi connectivity index (χ1) is 9.35. The zero-order chi connectivity index (χ0) is 14.8. The average Bonchev–Trinajstić information content (AvgIpc) is 2.33. The Morgan fingerprint density at radius 3 is 2.80 bits per heavy atom. The lowest BCUT2D eigenvalue weighted by Crippen LogP contribution is -2.30. The van der Waals surface area contributed by atoms with E-state index in [-0.39, 0.29) is 11.3 Å². The van der Waals surface area contributed by atoms with Gasteiger partial charge < -0.3 is 0 Å². The molecule has 1 heterocycles. The maximum Gasteiger partial charge on any atom is 0.277 e. The number of rotatable bonds is 2. The standard InChI is InChI=1S/C16H21N3O/c1-12-8-14(10-16(2,3)9-12)17-18-15(20)13-6-5-7-19(4)11-13/h5-8,11H,9-10H2,1-4H3/p+1/b17-14-. The number of hydrogen-bond acceptors (Lipinski definition) is 2. The number of aryl methyl sites for hydroxylation is 1. The number of hydrogen-bond donors (Lipinski definition) is 1. The van der Waals surface area contributed by atoms with E-state index in [1.165, 1.54) is 5.57 Å². The Kier molecular flexibility index (Phi) is 4.02. The van der Waals surface area contributed by atoms with Crippen molar-refractivity contribution in [3.8, 4) is 0 Å². The van der Waals surface area contributed by atoms with Crippen molar-refractivity contribution in [2.24, 2.45) is 17.6 Å². The molecule has 0 radical (unpaired) electrons. The van der Waals surface area contributed by atoms with Gasteiger partial charge in [0, 0.05) is 6.07 Å². The van der Waals surface area contributed by atoms with Crippen LogP contribution >= 0.6 is 0 Å². The van der Waals surface area contributed by atoms with Crippen LogP contribution in [0.3, 0.4) is 0 Å². The number of carbonyl (C=O) groups is 1. The summed E-state index contributed by atoms with van der Waals surface area (Å²) in [7, 11) is 1.89. The molecule has 0 atom stereocenters. The number of amides is 1. The van der Waals surface area contributed by atoms with E-state index < -0.39 is 0 Å². The van der Waals surface area contributed by atoms with Crippen molar-refractivity contribution in [2.75, 3.05) is 0 Å². The molecule has 20 heavy (non-hydrogen) atoms. The molecule has 0 fully saturated rings. The average molecular weight is 272 g/mol. The van der Waals surface area contributed by atoms with E-state index in [9.17, 15) is 4.79 Å². The molecule has 2 rings (SSSR count). The van der Waals surface area contributed by atoms with Gasteiger partial charge in [-0.25, -0.2) is 9.99 Å². The van der Waals surface area contributed by atoms with E-state index in [1.807, 2.05) is 23.9 Å². The predicted octanol–water partition coefficient (Wildman–Crippen LogP) is 2.36. The van der Waals surface area contributed by atoms with Gasteiger partial charge in [0.25, 0.3) is 5.91 Å². The quantitative estimate of drug-likeness (QED) is 0.652. The molecule has 0 spiro atoms. The maximum atomic E-state index is 12.0. The van der Waals surface area contributed by atoms with Gasteiger partial charge >= 0.3 is 0 Å². The summed E-state index contributed by atoms with van der Waals surface area (Å²) in [4.78, 5) is 12.0. The number of hydrazone groups is 1. The van der Waals surface area contributed by atoms with Crippen molar-refractivity contribution in [1.82, 2.24) is 5.43 Å². The van der Waals surface area contributed by atoms with Crippen LogP contribution in [0.5, 0.6) is 0 Å². The number of nitrogens with zero attached hydrogens (tertiary/aromatic N) is 2. The van der Waals surface area contributed by atoms with E-state index in [1.54, 1.807) is 12.3 Å². The molecule has 1 amide bonds. The van der Waals surface area contributed by atoms with Crippen molar-refractivity contribution < 1.29 is 9.36 Å². The Labute approximate surface area is 120 Å². The van der Waals surface area contributed by atoms with Crippen molar-refractivity contribution in [3.63, 3.8) is 0 Å². The molecule has 0 aromatic carbocycles. The van der Waals surface area contributed by atoms with Gasteiger partial charge in [-0.1, -0.05) is 19.4 Å². The lowest BCUT2D eigenvalue weighted by molar-refractivity contribution is -0.671. The summed E-state index contributed by atoms with van der Waals surface area (Å²) in [5.74, 6) is -0.178. The van der Waals surface area contributed by atoms with Crippen LogP contribution in [0.15, 0.2) is 41.3 Å². The minimum atomic E-state index is -0.178. The molecule has 0 unspecified atom stereocenters. The lowest BCUT2D eigenvalue weighted by Gasteiger charge is -2.29. The fourth-order valence-electron chi connectivity index (χ4n) is 2.68. The van der Waals surface area contributed by atoms with Crippen LogP contribution in [0, 0.1) is 5.41 Å². The van der Waals surface area contributed by atoms with Gasteiger partial charge in [-0.15, -0.1) is 0 Å². The first-order valence-electron chi connectivity index (χ1n) is 6.85. The molecule has 4 nitrogen and oxygen atoms in total. The summed E-state index contributed by atoms with van der Waals surface area (Å²) >= 11 is 0. The fourth-order valence-corrected chi connectivity index (χ4v) is 2.68. The maximum absolute atomic E-state index is 12.0. The molecule has 106 valence electrons. The minimum Gasteiger partial charge on any atom is -0.267 e. The van der Waals surface area contributed by atoms with Gasteiger partial charge in [0.1, 0.15) is 12.6 Å². The molecule has 1 N–H and O–H groups in total. The second kappa shape index (κ2) is 5.57. The van der Waals surface area contributed by atoms with Crippen molar-refractivity contribution >= 4 is 11.6 Å². The summed E-state index contributed by atoms with van der Waals surface area (Å²) in [6.07, 6.45) is 7.69. The summed E-state index contributed by atoms with van der Waals surface area (Å²) in [5.41, 5.74) is 5.71. The highest BCUT2D eigenvalue weighted by atomic mass is 16.2. The number of pyridine rings is 1. The predicted molar refractivity (Wildman–Crippen MR) is 79.3 cm³/mol. The number of nitrogens with one attached hydrogen (secondary N) is 1. The lowest BCUT2D eigenvalue weighted by atomic mass is 9.77. The number of allylic oxidation sites excluding steroid dienone is 2. The van der Waals surface area contributed by atoms with Gasteiger partial charge in [0.15, 0.2) is 12.4 Å². The van der Waals surface area contributed by atoms with E-state index >= 15 is 0 Å². The van der Waals surface area contributed by atoms with Crippen LogP contribution in [-0.4, -0.2) is 11.6 Å². The zero-order valence-electron chi connectivity index (χ0n) is 12.6. The molecule has 1 aliphatic carbocycles. The van der Waals surface area contributed by atoms with E-state index in [4.69, 9.17) is 0 Å². The first-order valence-corrected chi connectivity index (χ1v) is 6.85. The van der Waals surface area contributed by atoms with Gasteiger partial charge in [-0.05, 0) is 37.3 Å². The molecule has 1 aromatic heterocycles. The van der Waals surface area contributed by atoms with Gasteiger partial charge in [0.05, 0.1) is 5.71 Å². The molecule has 1 aromatic rings. The minimum absolute atomic E-state index is 0.178. The number of aromatic nitrogens is 1.